The molecule has 0 fully saturated rings. The lowest BCUT2D eigenvalue weighted by atomic mass is 10.1. The maximum Gasteiger partial charge on any atom is 0.253 e. The number of guanidine groups is 1. The first-order valence-corrected chi connectivity index (χ1v) is 9.05. The minimum absolute atomic E-state index is 0. The van der Waals surface area contributed by atoms with Crippen molar-refractivity contribution in [1.29, 1.82) is 0 Å². The smallest absolute Gasteiger partial charge is 0.253 e. The normalized spacial score (nSPS) is 10.8. The average Bonchev–Trinajstić information content (AvgIpc) is 2.64. The van der Waals surface area contributed by atoms with E-state index in [1.807, 2.05) is 49.9 Å². The van der Waals surface area contributed by atoms with Gasteiger partial charge < -0.3 is 20.3 Å². The number of methoxy groups -OCH3 is 1. The lowest BCUT2D eigenvalue weighted by Crippen LogP contribution is -2.38. The fraction of sp³-hybridized carbons (Fsp3) is 0.579. The summed E-state index contributed by atoms with van der Waals surface area (Å²) < 4.78 is 5.05. The molecule has 0 heterocycles. The van der Waals surface area contributed by atoms with Crippen molar-refractivity contribution in [2.75, 3.05) is 39.9 Å². The summed E-state index contributed by atoms with van der Waals surface area (Å²) in [6.45, 7) is 10.4. The van der Waals surface area contributed by atoms with Crippen molar-refractivity contribution < 1.29 is 9.53 Å². The molecule has 0 aliphatic rings. The quantitative estimate of drug-likeness (QED) is 0.236. The van der Waals surface area contributed by atoms with Gasteiger partial charge in [-0.15, -0.1) is 24.0 Å². The molecular formula is C19H33IN4O2. The highest BCUT2D eigenvalue weighted by Gasteiger charge is 2.11. The number of aliphatic imine (C=N–C) groups is 1. The Kier molecular flexibility index (Phi) is 14.0. The van der Waals surface area contributed by atoms with Crippen molar-refractivity contribution in [3.05, 3.63) is 35.4 Å². The molecular weight excluding hydrogens is 443 g/mol. The summed E-state index contributed by atoms with van der Waals surface area (Å²) in [4.78, 5) is 18.7. The summed E-state index contributed by atoms with van der Waals surface area (Å²) in [5.74, 6) is 0.870. The van der Waals surface area contributed by atoms with E-state index in [1.54, 1.807) is 7.11 Å². The van der Waals surface area contributed by atoms with Crippen LogP contribution in [0.3, 0.4) is 0 Å². The molecule has 26 heavy (non-hydrogen) atoms. The molecule has 1 rings (SSSR count). The Balaban J connectivity index is 0.00000625. The Morgan fingerprint density at radius 2 is 1.77 bits per heavy atom. The zero-order valence-electron chi connectivity index (χ0n) is 16.4. The van der Waals surface area contributed by atoms with E-state index in [0.717, 1.165) is 56.3 Å². The molecule has 0 radical (unpaired) electrons. The first-order valence-electron chi connectivity index (χ1n) is 9.05. The molecule has 0 atom stereocenters. The third-order valence-electron chi connectivity index (χ3n) is 3.83. The van der Waals surface area contributed by atoms with Crippen molar-refractivity contribution >= 4 is 35.8 Å². The summed E-state index contributed by atoms with van der Waals surface area (Å²) in [7, 11) is 1.70. The number of hydrogen-bond acceptors (Lipinski definition) is 3. The zero-order chi connectivity index (χ0) is 18.5. The van der Waals surface area contributed by atoms with Crippen molar-refractivity contribution in [1.82, 2.24) is 15.5 Å². The molecule has 0 saturated carbocycles. The second-order valence-corrected chi connectivity index (χ2v) is 5.64. The molecule has 0 unspecified atom stereocenters. The number of rotatable bonds is 10. The predicted molar refractivity (Wildman–Crippen MR) is 118 cm³/mol. The molecule has 1 aromatic rings. The lowest BCUT2D eigenvalue weighted by molar-refractivity contribution is 0.0773. The van der Waals surface area contributed by atoms with E-state index in [0.29, 0.717) is 6.54 Å². The average molecular weight is 476 g/mol. The van der Waals surface area contributed by atoms with Gasteiger partial charge in [-0.25, -0.2) is 4.99 Å². The Morgan fingerprint density at radius 1 is 1.12 bits per heavy atom. The zero-order valence-corrected chi connectivity index (χ0v) is 18.7. The molecule has 6 nitrogen and oxygen atoms in total. The molecule has 148 valence electrons. The van der Waals surface area contributed by atoms with E-state index in [9.17, 15) is 4.79 Å². The van der Waals surface area contributed by atoms with Gasteiger partial charge in [-0.05, 0) is 44.9 Å². The largest absolute Gasteiger partial charge is 0.385 e. The first kappa shape index (κ1) is 24.7. The minimum atomic E-state index is 0. The van der Waals surface area contributed by atoms with Crippen LogP contribution in [0.25, 0.3) is 0 Å². The fourth-order valence-corrected chi connectivity index (χ4v) is 2.38. The van der Waals surface area contributed by atoms with Crippen LogP contribution in [0.5, 0.6) is 0 Å². The van der Waals surface area contributed by atoms with E-state index in [-0.39, 0.29) is 29.9 Å². The lowest BCUT2D eigenvalue weighted by Gasteiger charge is -2.18. The van der Waals surface area contributed by atoms with Gasteiger partial charge in [0.1, 0.15) is 0 Å². The number of halogens is 1. The number of nitrogens with one attached hydrogen (secondary N) is 2. The van der Waals surface area contributed by atoms with Crippen LogP contribution >= 0.6 is 24.0 Å². The van der Waals surface area contributed by atoms with Crippen molar-refractivity contribution in [2.24, 2.45) is 4.99 Å². The number of benzene rings is 1. The highest BCUT2D eigenvalue weighted by atomic mass is 127. The van der Waals surface area contributed by atoms with Gasteiger partial charge in [-0.2, -0.15) is 0 Å². The number of carbonyl (C=O) groups is 1. The third-order valence-corrected chi connectivity index (χ3v) is 3.83. The highest BCUT2D eigenvalue weighted by Crippen LogP contribution is 2.09. The Hall–Kier alpha value is -1.35. The van der Waals surface area contributed by atoms with Crippen LogP contribution in [-0.2, 0) is 11.3 Å². The molecule has 0 saturated heterocycles. The number of amides is 1. The Morgan fingerprint density at radius 3 is 2.31 bits per heavy atom. The molecule has 7 heteroatoms. The summed E-state index contributed by atoms with van der Waals surface area (Å²) >= 11 is 0. The van der Waals surface area contributed by atoms with Gasteiger partial charge in [-0.3, -0.25) is 4.79 Å². The van der Waals surface area contributed by atoms with Gasteiger partial charge >= 0.3 is 0 Å². The molecule has 1 aromatic carbocycles. The van der Waals surface area contributed by atoms with Crippen LogP contribution in [0.1, 0.15) is 43.1 Å². The molecule has 0 aromatic heterocycles. The number of nitrogens with zero attached hydrogens (tertiary/aromatic N) is 2. The van der Waals surface area contributed by atoms with Crippen molar-refractivity contribution in [3.8, 4) is 0 Å². The maximum absolute atomic E-state index is 12.3. The van der Waals surface area contributed by atoms with Gasteiger partial charge in [0.25, 0.3) is 5.91 Å². The van der Waals surface area contributed by atoms with E-state index in [1.165, 1.54) is 0 Å². The van der Waals surface area contributed by atoms with E-state index in [4.69, 9.17) is 4.74 Å². The predicted octanol–water partition coefficient (Wildman–Crippen LogP) is 2.88. The van der Waals surface area contributed by atoms with Crippen molar-refractivity contribution in [3.63, 3.8) is 0 Å². The van der Waals surface area contributed by atoms with E-state index < -0.39 is 0 Å². The van der Waals surface area contributed by atoms with Gasteiger partial charge in [-0.1, -0.05) is 12.1 Å². The van der Waals surface area contributed by atoms with E-state index >= 15 is 0 Å². The molecule has 1 amide bonds. The Bertz CT molecular complexity index is 531. The topological polar surface area (TPSA) is 66.0 Å². The summed E-state index contributed by atoms with van der Waals surface area (Å²) in [5, 5.41) is 6.51. The van der Waals surface area contributed by atoms with Gasteiger partial charge in [0.15, 0.2) is 5.96 Å². The number of hydrogen-bond donors (Lipinski definition) is 2. The molecule has 0 aliphatic heterocycles. The SMILES string of the molecule is CCNC(=NCc1ccc(C(=O)N(CC)CC)cc1)NCCCOC.I. The number of carbonyl (C=O) groups excluding carboxylic acids is 1. The van der Waals surface area contributed by atoms with Crippen molar-refractivity contribution in [2.45, 2.75) is 33.7 Å². The molecule has 0 bridgehead atoms. The first-order chi connectivity index (χ1) is 12.2. The van der Waals surface area contributed by atoms with Crippen LogP contribution in [0.15, 0.2) is 29.3 Å². The van der Waals surface area contributed by atoms with Crippen LogP contribution < -0.4 is 10.6 Å². The summed E-state index contributed by atoms with van der Waals surface area (Å²) in [6, 6.07) is 7.69. The monoisotopic (exact) mass is 476 g/mol. The second kappa shape index (κ2) is 14.8. The van der Waals surface area contributed by atoms with E-state index in [2.05, 4.69) is 15.6 Å². The van der Waals surface area contributed by atoms with Crippen LogP contribution in [-0.4, -0.2) is 56.7 Å². The Labute approximate surface area is 174 Å². The molecule has 0 aliphatic carbocycles. The summed E-state index contributed by atoms with van der Waals surface area (Å²) in [6.07, 6.45) is 0.934. The number of ether oxygens (including phenoxy) is 1. The summed E-state index contributed by atoms with van der Waals surface area (Å²) in [5.41, 5.74) is 1.80. The van der Waals surface area contributed by atoms with Crippen LogP contribution in [0.2, 0.25) is 0 Å². The van der Waals surface area contributed by atoms with Crippen LogP contribution in [0, 0.1) is 0 Å². The minimum Gasteiger partial charge on any atom is -0.385 e. The molecule has 2 N–H and O–H groups in total. The molecule has 0 spiro atoms. The van der Waals surface area contributed by atoms with Gasteiger partial charge in [0, 0.05) is 45.5 Å². The standard InChI is InChI=1S/C19H32N4O2.HI/c1-5-20-19(21-13-8-14-25-4)22-15-16-9-11-17(12-10-16)18(24)23(6-2)7-3;/h9-12H,5-8,13-15H2,1-4H3,(H2,20,21,22);1H. The fourth-order valence-electron chi connectivity index (χ4n) is 2.38. The van der Waals surface area contributed by atoms with Gasteiger partial charge in [0.2, 0.25) is 0 Å². The second-order valence-electron chi connectivity index (χ2n) is 5.64. The van der Waals surface area contributed by atoms with Crippen LogP contribution in [0.4, 0.5) is 0 Å². The van der Waals surface area contributed by atoms with Gasteiger partial charge in [0.05, 0.1) is 6.54 Å². The maximum atomic E-state index is 12.3. The third kappa shape index (κ3) is 8.84. The highest BCUT2D eigenvalue weighted by molar-refractivity contribution is 14.0.